The van der Waals surface area contributed by atoms with Gasteiger partial charge in [0.05, 0.1) is 6.10 Å². The zero-order valence-electron chi connectivity index (χ0n) is 18.4. The van der Waals surface area contributed by atoms with Crippen molar-refractivity contribution in [3.8, 4) is 0 Å². The molecule has 1 aliphatic rings. The second-order valence-corrected chi connectivity index (χ2v) is 6.84. The number of ether oxygens (including phenoxy) is 2. The van der Waals surface area contributed by atoms with Crippen LogP contribution in [0.5, 0.6) is 0 Å². The highest BCUT2D eigenvalue weighted by Gasteiger charge is 2.40. The molecule has 0 radical (unpaired) electrons. The van der Waals surface area contributed by atoms with E-state index in [1.165, 1.54) is 11.9 Å². The summed E-state index contributed by atoms with van der Waals surface area (Å²) in [4.78, 5) is 57.4. The maximum Gasteiger partial charge on any atom is 0.325 e. The summed E-state index contributed by atoms with van der Waals surface area (Å²) in [7, 11) is 1.52. The van der Waals surface area contributed by atoms with Gasteiger partial charge in [0.25, 0.3) is 0 Å². The number of carbonyl (C=O) groups is 5. The predicted molar refractivity (Wildman–Crippen MR) is 107 cm³/mol. The Balaban J connectivity index is 0.00000150. The van der Waals surface area contributed by atoms with E-state index in [0.29, 0.717) is 12.8 Å². The topological polar surface area (TPSA) is 139 Å². The van der Waals surface area contributed by atoms with Gasteiger partial charge in [0.2, 0.25) is 5.91 Å². The molecule has 1 fully saturated rings. The molecule has 0 aromatic rings. The van der Waals surface area contributed by atoms with E-state index < -0.39 is 18.2 Å². The van der Waals surface area contributed by atoms with Gasteiger partial charge in [-0.2, -0.15) is 0 Å². The number of urea groups is 1. The highest BCUT2D eigenvalue weighted by atomic mass is 16.6. The number of imide groups is 1. The molecule has 0 aliphatic carbocycles. The lowest BCUT2D eigenvalue weighted by molar-refractivity contribution is -0.148. The molecular formula is C20H34N2O8. The molecule has 2 unspecified atom stereocenters. The van der Waals surface area contributed by atoms with Crippen LogP contribution < -0.4 is 5.32 Å². The van der Waals surface area contributed by atoms with E-state index in [2.05, 4.69) is 5.32 Å². The van der Waals surface area contributed by atoms with Crippen LogP contribution >= 0.6 is 0 Å². The van der Waals surface area contributed by atoms with E-state index in [-0.39, 0.29) is 62.0 Å². The molecule has 0 aromatic heterocycles. The van der Waals surface area contributed by atoms with Gasteiger partial charge in [-0.1, -0.05) is 27.7 Å². The Morgan fingerprint density at radius 2 is 1.63 bits per heavy atom. The number of amides is 3. The number of carbonyl (C=O) groups excluding carboxylic acids is 4. The average molecular weight is 430 g/mol. The fourth-order valence-corrected chi connectivity index (χ4v) is 2.65. The van der Waals surface area contributed by atoms with Crippen LogP contribution in [0.25, 0.3) is 0 Å². The number of ketones is 1. The minimum Gasteiger partial charge on any atom is -0.481 e. The molecular weight excluding hydrogens is 396 g/mol. The summed E-state index contributed by atoms with van der Waals surface area (Å²) in [5, 5.41) is 9.99. The first kappa shape index (κ1) is 27.5. The number of carboxylic acid groups (broad SMARTS) is 1. The average Bonchev–Trinajstić information content (AvgIpc) is 3.13. The first-order chi connectivity index (χ1) is 14.1. The number of hydrogen-bond donors (Lipinski definition) is 2. The monoisotopic (exact) mass is 430 g/mol. The Bertz CT molecular complexity index is 608. The van der Waals surface area contributed by atoms with Gasteiger partial charge < -0.3 is 19.5 Å². The molecule has 10 nitrogen and oxygen atoms in total. The van der Waals surface area contributed by atoms with Crippen LogP contribution in [0.2, 0.25) is 0 Å². The lowest BCUT2D eigenvalue weighted by atomic mass is 9.95. The van der Waals surface area contributed by atoms with Gasteiger partial charge in [-0.05, 0) is 6.42 Å². The summed E-state index contributed by atoms with van der Waals surface area (Å²) < 4.78 is 10.9. The molecule has 0 spiro atoms. The van der Waals surface area contributed by atoms with Gasteiger partial charge in [-0.15, -0.1) is 0 Å². The molecule has 1 rings (SSSR count). The van der Waals surface area contributed by atoms with Crippen LogP contribution in [0, 0.1) is 5.92 Å². The van der Waals surface area contributed by atoms with Crippen molar-refractivity contribution in [3.05, 3.63) is 0 Å². The van der Waals surface area contributed by atoms with Gasteiger partial charge in [0.1, 0.15) is 18.6 Å². The van der Waals surface area contributed by atoms with E-state index >= 15 is 0 Å². The third-order valence-corrected chi connectivity index (χ3v) is 4.48. The smallest absolute Gasteiger partial charge is 0.325 e. The Morgan fingerprint density at radius 1 is 1.03 bits per heavy atom. The molecule has 0 saturated carbocycles. The van der Waals surface area contributed by atoms with Crippen molar-refractivity contribution < 1.29 is 38.6 Å². The SMILES string of the molecule is CCC(=O)C[C@@H]1CC(COC(=O)CC)OC1N(C)C(=O)NC(=O)CC.CCC(=O)O. The predicted octanol–water partition coefficient (Wildman–Crippen LogP) is 2.10. The largest absolute Gasteiger partial charge is 0.481 e. The standard InChI is InChI=1S/C17H28N2O6.C3H6O2/c1-5-12(20)8-11-9-13(10-24-15(22)7-3)25-16(11)19(4)17(23)18-14(21)6-2;1-2-3(4)5/h11,13,16H,5-10H2,1-4H3,(H,18,21,23);2H2,1H3,(H,4,5)/t11-,13?,16?;/m1./s1. The fourth-order valence-electron chi connectivity index (χ4n) is 2.65. The van der Waals surface area contributed by atoms with Crippen LogP contribution in [0.3, 0.4) is 0 Å². The molecule has 172 valence electrons. The molecule has 10 heteroatoms. The van der Waals surface area contributed by atoms with E-state index in [1.54, 1.807) is 27.7 Å². The first-order valence-corrected chi connectivity index (χ1v) is 10.2. The highest BCUT2D eigenvalue weighted by Crippen LogP contribution is 2.32. The Kier molecular flexibility index (Phi) is 13.3. The Hall–Kier alpha value is -2.49. The van der Waals surface area contributed by atoms with Crippen LogP contribution in [0.15, 0.2) is 0 Å². The van der Waals surface area contributed by atoms with Crippen LogP contribution in [-0.4, -0.2) is 65.7 Å². The van der Waals surface area contributed by atoms with Crippen molar-refractivity contribution in [1.82, 2.24) is 10.2 Å². The lowest BCUT2D eigenvalue weighted by Gasteiger charge is -2.28. The summed E-state index contributed by atoms with van der Waals surface area (Å²) in [6.45, 7) is 6.82. The lowest BCUT2D eigenvalue weighted by Crippen LogP contribution is -2.48. The van der Waals surface area contributed by atoms with Gasteiger partial charge in [-0.25, -0.2) is 4.79 Å². The molecule has 1 heterocycles. The molecule has 30 heavy (non-hydrogen) atoms. The number of nitrogens with zero attached hydrogens (tertiary/aromatic N) is 1. The summed E-state index contributed by atoms with van der Waals surface area (Å²) in [5.41, 5.74) is 0. The number of aliphatic carboxylic acids is 1. The maximum absolute atomic E-state index is 12.2. The van der Waals surface area contributed by atoms with Crippen LogP contribution in [0.4, 0.5) is 4.79 Å². The summed E-state index contributed by atoms with van der Waals surface area (Å²) >= 11 is 0. The van der Waals surface area contributed by atoms with E-state index in [9.17, 15) is 24.0 Å². The van der Waals surface area contributed by atoms with E-state index in [4.69, 9.17) is 14.6 Å². The number of nitrogens with one attached hydrogen (secondary N) is 1. The second-order valence-electron chi connectivity index (χ2n) is 6.84. The van der Waals surface area contributed by atoms with Crippen molar-refractivity contribution in [3.63, 3.8) is 0 Å². The second kappa shape index (κ2) is 14.5. The minimum absolute atomic E-state index is 0.0724. The quantitative estimate of drug-likeness (QED) is 0.530. The number of hydrogen-bond acceptors (Lipinski definition) is 7. The summed E-state index contributed by atoms with van der Waals surface area (Å²) in [6, 6.07) is -0.572. The molecule has 1 saturated heterocycles. The summed E-state index contributed by atoms with van der Waals surface area (Å²) in [5.74, 6) is -1.59. The van der Waals surface area contributed by atoms with Crippen molar-refractivity contribution in [1.29, 1.82) is 0 Å². The van der Waals surface area contributed by atoms with Crippen LogP contribution in [-0.2, 0) is 28.7 Å². The van der Waals surface area contributed by atoms with Crippen LogP contribution in [0.1, 0.15) is 66.2 Å². The minimum atomic E-state index is -0.745. The number of carboxylic acids is 1. The number of rotatable bonds is 9. The number of Topliss-reactive ketones (excluding diaryl/α,β-unsaturated/α-hetero) is 1. The zero-order valence-corrected chi connectivity index (χ0v) is 18.4. The normalized spacial score (nSPS) is 19.8. The third-order valence-electron chi connectivity index (χ3n) is 4.48. The van der Waals surface area contributed by atoms with Gasteiger partial charge in [-0.3, -0.25) is 24.5 Å². The molecule has 0 aromatic carbocycles. The van der Waals surface area contributed by atoms with Crippen molar-refractivity contribution in [2.24, 2.45) is 5.92 Å². The van der Waals surface area contributed by atoms with Crippen molar-refractivity contribution in [2.45, 2.75) is 78.6 Å². The van der Waals surface area contributed by atoms with Gasteiger partial charge >= 0.3 is 18.0 Å². The third kappa shape index (κ3) is 10.3. The molecule has 0 bridgehead atoms. The maximum atomic E-state index is 12.2. The zero-order chi connectivity index (χ0) is 23.3. The van der Waals surface area contributed by atoms with Crippen molar-refractivity contribution >= 4 is 29.7 Å². The van der Waals surface area contributed by atoms with E-state index in [1.807, 2.05) is 0 Å². The molecule has 3 amide bonds. The fraction of sp³-hybridized carbons (Fsp3) is 0.750. The molecule has 2 N–H and O–H groups in total. The van der Waals surface area contributed by atoms with Gasteiger partial charge in [0, 0.05) is 45.1 Å². The van der Waals surface area contributed by atoms with Gasteiger partial charge in [0.15, 0.2) is 0 Å². The van der Waals surface area contributed by atoms with Crippen molar-refractivity contribution in [2.75, 3.05) is 13.7 Å². The first-order valence-electron chi connectivity index (χ1n) is 10.2. The Labute approximate surface area is 177 Å². The Morgan fingerprint density at radius 3 is 2.10 bits per heavy atom. The summed E-state index contributed by atoms with van der Waals surface area (Å²) in [6.07, 6.45) is 0.847. The highest BCUT2D eigenvalue weighted by molar-refractivity contribution is 5.94. The molecule has 3 atom stereocenters. The molecule has 1 aliphatic heterocycles. The number of esters is 1. The van der Waals surface area contributed by atoms with E-state index in [0.717, 1.165) is 0 Å².